The van der Waals surface area contributed by atoms with E-state index in [1.807, 2.05) is 54.8 Å². The van der Waals surface area contributed by atoms with Crippen LogP contribution in [0.1, 0.15) is 17.0 Å². The number of pyridine rings is 1. The van der Waals surface area contributed by atoms with Gasteiger partial charge in [0.2, 0.25) is 0 Å². The molecule has 0 unspecified atom stereocenters. The van der Waals surface area contributed by atoms with Crippen molar-refractivity contribution in [1.29, 1.82) is 0 Å². The molecule has 120 valence electrons. The summed E-state index contributed by atoms with van der Waals surface area (Å²) in [5, 5.41) is 11.3. The topological polar surface area (TPSA) is 80.6 Å². The van der Waals surface area contributed by atoms with Crippen LogP contribution in [0.5, 0.6) is 0 Å². The number of nitrogens with two attached hydrogens (primary N) is 1. The molecule has 23 heavy (non-hydrogen) atoms. The van der Waals surface area contributed by atoms with E-state index in [1.54, 1.807) is 0 Å². The Hall–Kier alpha value is -2.16. The van der Waals surface area contributed by atoms with Crippen LogP contribution in [-0.2, 0) is 6.54 Å². The van der Waals surface area contributed by atoms with Crippen LogP contribution in [0.3, 0.4) is 0 Å². The summed E-state index contributed by atoms with van der Waals surface area (Å²) >= 11 is 0. The monoisotopic (exact) mass is 422 g/mol. The molecule has 0 aliphatic heterocycles. The van der Waals surface area contributed by atoms with Crippen molar-refractivity contribution in [2.24, 2.45) is 10.7 Å². The van der Waals surface area contributed by atoms with Gasteiger partial charge in [0.1, 0.15) is 6.54 Å². The van der Waals surface area contributed by atoms with Crippen molar-refractivity contribution in [1.82, 2.24) is 14.6 Å². The number of aryl methyl sites for hydroxylation is 2. The molecule has 0 fully saturated rings. The second kappa shape index (κ2) is 7.40. The molecule has 0 aliphatic rings. The highest BCUT2D eigenvalue weighted by Gasteiger charge is 2.04. The maximum atomic E-state index is 5.95. The summed E-state index contributed by atoms with van der Waals surface area (Å²) < 4.78 is 1.90. The third kappa shape index (κ3) is 4.19. The molecule has 2 aromatic heterocycles. The van der Waals surface area contributed by atoms with Gasteiger partial charge in [0, 0.05) is 11.9 Å². The molecule has 6 nitrogen and oxygen atoms in total. The number of fused-ring (bicyclic) bond motifs is 1. The normalized spacial score (nSPS) is 11.3. The fourth-order valence-corrected chi connectivity index (χ4v) is 2.39. The quantitative estimate of drug-likeness (QED) is 0.387. The van der Waals surface area contributed by atoms with Crippen LogP contribution in [0.2, 0.25) is 0 Å². The summed E-state index contributed by atoms with van der Waals surface area (Å²) in [5.74, 6) is 1.11. The predicted molar refractivity (Wildman–Crippen MR) is 103 cm³/mol. The van der Waals surface area contributed by atoms with Gasteiger partial charge in [-0.25, -0.2) is 4.99 Å². The van der Waals surface area contributed by atoms with E-state index >= 15 is 0 Å². The van der Waals surface area contributed by atoms with Crippen molar-refractivity contribution in [2.75, 3.05) is 5.32 Å². The summed E-state index contributed by atoms with van der Waals surface area (Å²) in [6.45, 7) is 4.47. The van der Waals surface area contributed by atoms with Crippen LogP contribution >= 0.6 is 24.0 Å². The molecule has 1 aromatic carbocycles. The standard InChI is InChI=1S/C16H18N6.HI/c1-11-7-12(2)9-13(8-11)19-16(17)18-10-15-21-20-14-5-3-4-6-22(14)15;/h3-9H,10H2,1-2H3,(H3,17,18,19);1H. The Labute approximate surface area is 151 Å². The van der Waals surface area contributed by atoms with Crippen molar-refractivity contribution in [3.05, 3.63) is 59.5 Å². The maximum absolute atomic E-state index is 5.95. The largest absolute Gasteiger partial charge is 0.370 e. The molecule has 2 heterocycles. The molecule has 0 radical (unpaired) electrons. The first kappa shape index (κ1) is 17.2. The number of aromatic nitrogens is 3. The Morgan fingerprint density at radius 1 is 1.17 bits per heavy atom. The Bertz CT molecular complexity index is 819. The fraction of sp³-hybridized carbons (Fsp3) is 0.188. The lowest BCUT2D eigenvalue weighted by molar-refractivity contribution is 0.881. The Morgan fingerprint density at radius 2 is 1.91 bits per heavy atom. The molecule has 7 heteroatoms. The van der Waals surface area contributed by atoms with Crippen LogP contribution < -0.4 is 11.1 Å². The van der Waals surface area contributed by atoms with Crippen LogP contribution in [-0.4, -0.2) is 20.6 Å². The smallest absolute Gasteiger partial charge is 0.193 e. The average Bonchev–Trinajstić information content (AvgIpc) is 2.87. The summed E-state index contributed by atoms with van der Waals surface area (Å²) in [6, 6.07) is 11.9. The van der Waals surface area contributed by atoms with E-state index in [1.165, 1.54) is 11.1 Å². The van der Waals surface area contributed by atoms with E-state index in [0.29, 0.717) is 12.5 Å². The molecular formula is C16H19IN6. The van der Waals surface area contributed by atoms with E-state index in [-0.39, 0.29) is 24.0 Å². The number of halogens is 1. The van der Waals surface area contributed by atoms with Crippen molar-refractivity contribution < 1.29 is 0 Å². The number of nitrogens with zero attached hydrogens (tertiary/aromatic N) is 4. The molecule has 3 rings (SSSR count). The van der Waals surface area contributed by atoms with Gasteiger partial charge in [0.15, 0.2) is 17.4 Å². The molecular weight excluding hydrogens is 403 g/mol. The van der Waals surface area contributed by atoms with Crippen LogP contribution in [0.25, 0.3) is 5.65 Å². The number of hydrogen-bond acceptors (Lipinski definition) is 3. The second-order valence-corrected chi connectivity index (χ2v) is 5.25. The van der Waals surface area contributed by atoms with Gasteiger partial charge in [-0.05, 0) is 49.2 Å². The van der Waals surface area contributed by atoms with Crippen molar-refractivity contribution in [3.8, 4) is 0 Å². The number of hydrogen-bond donors (Lipinski definition) is 2. The first-order valence-electron chi connectivity index (χ1n) is 7.06. The lowest BCUT2D eigenvalue weighted by atomic mass is 10.1. The molecule has 0 saturated carbocycles. The summed E-state index contributed by atoms with van der Waals surface area (Å²) in [5.41, 5.74) is 10.0. The van der Waals surface area contributed by atoms with E-state index in [2.05, 4.69) is 26.6 Å². The van der Waals surface area contributed by atoms with Crippen molar-refractivity contribution in [3.63, 3.8) is 0 Å². The van der Waals surface area contributed by atoms with Crippen LogP contribution in [0, 0.1) is 13.8 Å². The zero-order valence-corrected chi connectivity index (χ0v) is 15.4. The molecule has 0 atom stereocenters. The summed E-state index contributed by atoms with van der Waals surface area (Å²) in [4.78, 5) is 4.33. The van der Waals surface area contributed by atoms with Gasteiger partial charge in [-0.2, -0.15) is 0 Å². The third-order valence-electron chi connectivity index (χ3n) is 3.27. The zero-order chi connectivity index (χ0) is 15.5. The number of aliphatic imine (C=N–C) groups is 1. The number of nitrogens with one attached hydrogen (secondary N) is 1. The lowest BCUT2D eigenvalue weighted by Crippen LogP contribution is -2.22. The molecule has 0 aliphatic carbocycles. The second-order valence-electron chi connectivity index (χ2n) is 5.25. The Kier molecular flexibility index (Phi) is 5.54. The molecule has 0 spiro atoms. The summed E-state index contributed by atoms with van der Waals surface area (Å²) in [6.07, 6.45) is 1.91. The van der Waals surface area contributed by atoms with Crippen molar-refractivity contribution in [2.45, 2.75) is 20.4 Å². The lowest BCUT2D eigenvalue weighted by Gasteiger charge is -2.07. The minimum absolute atomic E-state index is 0. The highest BCUT2D eigenvalue weighted by atomic mass is 127. The zero-order valence-electron chi connectivity index (χ0n) is 13.0. The number of anilines is 1. The first-order chi connectivity index (χ1) is 10.6. The number of guanidine groups is 1. The molecule has 0 amide bonds. The number of benzene rings is 1. The van der Waals surface area contributed by atoms with Gasteiger partial charge in [0.05, 0.1) is 0 Å². The molecule has 0 bridgehead atoms. The number of rotatable bonds is 3. The average molecular weight is 422 g/mol. The first-order valence-corrected chi connectivity index (χ1v) is 7.06. The van der Waals surface area contributed by atoms with E-state index in [9.17, 15) is 0 Å². The van der Waals surface area contributed by atoms with Crippen molar-refractivity contribution >= 4 is 41.3 Å². The third-order valence-corrected chi connectivity index (χ3v) is 3.27. The van der Waals surface area contributed by atoms with Crippen LogP contribution in [0.4, 0.5) is 5.69 Å². The maximum Gasteiger partial charge on any atom is 0.193 e. The van der Waals surface area contributed by atoms with E-state index in [0.717, 1.165) is 17.2 Å². The SMILES string of the molecule is Cc1cc(C)cc(NC(N)=NCc2nnc3ccccn23)c1.I. The summed E-state index contributed by atoms with van der Waals surface area (Å²) in [7, 11) is 0. The molecule has 3 N–H and O–H groups in total. The minimum Gasteiger partial charge on any atom is -0.370 e. The minimum atomic E-state index is 0. The van der Waals surface area contributed by atoms with Gasteiger partial charge in [-0.1, -0.05) is 12.1 Å². The van der Waals surface area contributed by atoms with Crippen LogP contribution in [0.15, 0.2) is 47.6 Å². The van der Waals surface area contributed by atoms with E-state index < -0.39 is 0 Å². The van der Waals surface area contributed by atoms with Gasteiger partial charge >= 0.3 is 0 Å². The molecule has 3 aromatic rings. The highest BCUT2D eigenvalue weighted by Crippen LogP contribution is 2.13. The Balaban J connectivity index is 0.00000192. The fourth-order valence-electron chi connectivity index (χ4n) is 2.39. The predicted octanol–water partition coefficient (Wildman–Crippen LogP) is 2.89. The molecule has 0 saturated heterocycles. The highest BCUT2D eigenvalue weighted by molar-refractivity contribution is 14.0. The van der Waals surface area contributed by atoms with Gasteiger partial charge in [0.25, 0.3) is 0 Å². The van der Waals surface area contributed by atoms with Gasteiger partial charge in [-0.3, -0.25) is 4.40 Å². The van der Waals surface area contributed by atoms with Gasteiger partial charge < -0.3 is 11.1 Å². The Morgan fingerprint density at radius 3 is 2.65 bits per heavy atom. The van der Waals surface area contributed by atoms with E-state index in [4.69, 9.17) is 5.73 Å². The van der Waals surface area contributed by atoms with Gasteiger partial charge in [-0.15, -0.1) is 34.2 Å².